The number of ether oxygens (including phenoxy) is 1. The minimum atomic E-state index is -0.368. The molecule has 0 aliphatic heterocycles. The molecule has 31 heavy (non-hydrogen) atoms. The summed E-state index contributed by atoms with van der Waals surface area (Å²) in [5.41, 5.74) is 1.40. The molecule has 4 aromatic rings. The number of H-pyrrole nitrogens is 1. The monoisotopic (exact) mass is 453 g/mol. The summed E-state index contributed by atoms with van der Waals surface area (Å²) in [4.78, 5) is 36.6. The summed E-state index contributed by atoms with van der Waals surface area (Å²) in [6.45, 7) is 0.348. The van der Waals surface area contributed by atoms with Gasteiger partial charge < -0.3 is 15.0 Å². The molecule has 0 saturated carbocycles. The molecule has 4 rings (SSSR count). The molecule has 0 spiro atoms. The Morgan fingerprint density at radius 2 is 1.97 bits per heavy atom. The molecule has 2 heterocycles. The SMILES string of the molecule is COc1cc(-n2c(=S)[nH]c3cc(C(=O)NCc4ccc(Cl)cc4)ccc3c2=O)ncn1. The van der Waals surface area contributed by atoms with Crippen LogP contribution in [0.3, 0.4) is 0 Å². The minimum Gasteiger partial charge on any atom is -0.481 e. The summed E-state index contributed by atoms with van der Waals surface area (Å²) >= 11 is 11.2. The first-order chi connectivity index (χ1) is 15.0. The predicted molar refractivity (Wildman–Crippen MR) is 119 cm³/mol. The van der Waals surface area contributed by atoms with Gasteiger partial charge in [0.15, 0.2) is 4.77 Å². The minimum absolute atomic E-state index is 0.136. The molecule has 2 N–H and O–H groups in total. The highest BCUT2D eigenvalue weighted by Gasteiger charge is 2.13. The Hall–Kier alpha value is -3.56. The van der Waals surface area contributed by atoms with Gasteiger partial charge in [0.2, 0.25) is 5.88 Å². The molecular weight excluding hydrogens is 438 g/mol. The van der Waals surface area contributed by atoms with Gasteiger partial charge in [0.25, 0.3) is 11.5 Å². The zero-order chi connectivity index (χ0) is 22.0. The van der Waals surface area contributed by atoms with E-state index in [1.54, 1.807) is 30.3 Å². The Labute approximate surface area is 186 Å². The first-order valence-corrected chi connectivity index (χ1v) is 9.93. The van der Waals surface area contributed by atoms with Crippen LogP contribution in [-0.2, 0) is 6.54 Å². The average Bonchev–Trinajstić information content (AvgIpc) is 2.78. The van der Waals surface area contributed by atoms with E-state index in [1.165, 1.54) is 24.1 Å². The Morgan fingerprint density at radius 1 is 1.19 bits per heavy atom. The van der Waals surface area contributed by atoms with Crippen LogP contribution in [-0.4, -0.2) is 32.5 Å². The van der Waals surface area contributed by atoms with Crippen LogP contribution >= 0.6 is 23.8 Å². The van der Waals surface area contributed by atoms with Gasteiger partial charge in [-0.05, 0) is 48.1 Å². The Bertz CT molecular complexity index is 1400. The van der Waals surface area contributed by atoms with E-state index in [-0.39, 0.29) is 22.1 Å². The second-order valence-corrected chi connectivity index (χ2v) is 7.38. The number of carbonyl (C=O) groups is 1. The first-order valence-electron chi connectivity index (χ1n) is 9.14. The number of methoxy groups -OCH3 is 1. The molecule has 1 amide bonds. The van der Waals surface area contributed by atoms with Crippen LogP contribution < -0.4 is 15.6 Å². The van der Waals surface area contributed by atoms with Crippen molar-refractivity contribution >= 4 is 40.6 Å². The number of fused-ring (bicyclic) bond motifs is 1. The summed E-state index contributed by atoms with van der Waals surface area (Å²) in [7, 11) is 1.47. The quantitative estimate of drug-likeness (QED) is 0.449. The normalized spacial score (nSPS) is 10.8. The third kappa shape index (κ3) is 4.32. The van der Waals surface area contributed by atoms with E-state index < -0.39 is 0 Å². The summed E-state index contributed by atoms with van der Waals surface area (Å²) < 4.78 is 6.47. The third-order valence-electron chi connectivity index (χ3n) is 4.59. The van der Waals surface area contributed by atoms with Crippen LogP contribution in [0.1, 0.15) is 15.9 Å². The van der Waals surface area contributed by atoms with E-state index >= 15 is 0 Å². The van der Waals surface area contributed by atoms with E-state index in [0.717, 1.165) is 5.56 Å². The number of hydrogen-bond acceptors (Lipinski definition) is 6. The van der Waals surface area contributed by atoms with E-state index in [2.05, 4.69) is 20.3 Å². The van der Waals surface area contributed by atoms with E-state index in [4.69, 9.17) is 28.6 Å². The maximum absolute atomic E-state index is 13.0. The average molecular weight is 454 g/mol. The maximum Gasteiger partial charge on any atom is 0.267 e. The Balaban J connectivity index is 1.65. The number of nitrogens with one attached hydrogen (secondary N) is 2. The van der Waals surface area contributed by atoms with Gasteiger partial charge in [-0.3, -0.25) is 9.59 Å². The summed E-state index contributed by atoms with van der Waals surface area (Å²) in [5, 5.41) is 3.83. The molecule has 0 fully saturated rings. The number of amides is 1. The van der Waals surface area contributed by atoms with Crippen molar-refractivity contribution in [3.05, 3.63) is 86.1 Å². The lowest BCUT2D eigenvalue weighted by Crippen LogP contribution is -2.24. The van der Waals surface area contributed by atoms with Gasteiger partial charge in [-0.2, -0.15) is 0 Å². The van der Waals surface area contributed by atoms with Crippen molar-refractivity contribution in [2.75, 3.05) is 7.11 Å². The zero-order valence-corrected chi connectivity index (χ0v) is 17.8. The molecule has 0 bridgehead atoms. The lowest BCUT2D eigenvalue weighted by Gasteiger charge is -2.10. The number of hydrogen-bond donors (Lipinski definition) is 2. The molecule has 0 saturated heterocycles. The van der Waals surface area contributed by atoms with E-state index in [1.807, 2.05) is 12.1 Å². The van der Waals surface area contributed by atoms with Gasteiger partial charge in [0.05, 0.1) is 18.0 Å². The lowest BCUT2D eigenvalue weighted by atomic mass is 10.1. The van der Waals surface area contributed by atoms with Crippen LogP contribution in [0.25, 0.3) is 16.7 Å². The highest BCUT2D eigenvalue weighted by molar-refractivity contribution is 7.71. The Morgan fingerprint density at radius 3 is 2.71 bits per heavy atom. The van der Waals surface area contributed by atoms with Gasteiger partial charge in [0, 0.05) is 23.2 Å². The molecular formula is C21H16ClN5O3S. The van der Waals surface area contributed by atoms with Crippen LogP contribution in [0.4, 0.5) is 0 Å². The molecule has 0 aliphatic rings. The summed E-state index contributed by atoms with van der Waals surface area (Å²) in [6, 6.07) is 13.5. The largest absolute Gasteiger partial charge is 0.481 e. The van der Waals surface area contributed by atoms with Crippen LogP contribution in [0.2, 0.25) is 5.02 Å². The fourth-order valence-electron chi connectivity index (χ4n) is 3.02. The fourth-order valence-corrected chi connectivity index (χ4v) is 3.43. The van der Waals surface area contributed by atoms with Crippen LogP contribution in [0.5, 0.6) is 5.88 Å². The molecule has 156 valence electrons. The van der Waals surface area contributed by atoms with Gasteiger partial charge in [-0.15, -0.1) is 0 Å². The maximum atomic E-state index is 13.0. The molecule has 2 aromatic heterocycles. The van der Waals surface area contributed by atoms with Gasteiger partial charge in [-0.1, -0.05) is 23.7 Å². The van der Waals surface area contributed by atoms with Crippen LogP contribution in [0.15, 0.2) is 59.7 Å². The standard InChI is InChI=1S/C21H16ClN5O3S/c1-30-18-9-17(24-11-25-18)27-20(29)15-7-4-13(8-16(15)26-21(27)31)19(28)23-10-12-2-5-14(22)6-3-12/h2-9,11H,10H2,1H3,(H,23,28)(H,26,31). The van der Waals surface area contributed by atoms with Gasteiger partial charge >= 0.3 is 0 Å². The second-order valence-electron chi connectivity index (χ2n) is 6.56. The van der Waals surface area contributed by atoms with Crippen molar-refractivity contribution in [2.24, 2.45) is 0 Å². The number of carbonyl (C=O) groups excluding carboxylic acids is 1. The number of nitrogens with zero attached hydrogens (tertiary/aromatic N) is 3. The fraction of sp³-hybridized carbons (Fsp3) is 0.0952. The van der Waals surface area contributed by atoms with Crippen molar-refractivity contribution in [3.63, 3.8) is 0 Å². The molecule has 8 nitrogen and oxygen atoms in total. The molecule has 0 aliphatic carbocycles. The van der Waals surface area contributed by atoms with Crippen molar-refractivity contribution in [1.82, 2.24) is 24.8 Å². The smallest absolute Gasteiger partial charge is 0.267 e. The second kappa shape index (κ2) is 8.66. The third-order valence-corrected chi connectivity index (χ3v) is 5.13. The topological polar surface area (TPSA) is 102 Å². The Kier molecular flexibility index (Phi) is 5.79. The van der Waals surface area contributed by atoms with Crippen molar-refractivity contribution in [1.29, 1.82) is 0 Å². The molecule has 0 atom stereocenters. The number of benzene rings is 2. The van der Waals surface area contributed by atoms with Crippen LogP contribution in [0, 0.1) is 4.77 Å². The molecule has 2 aromatic carbocycles. The number of rotatable bonds is 5. The molecule has 10 heteroatoms. The summed E-state index contributed by atoms with van der Waals surface area (Å²) in [6.07, 6.45) is 1.29. The highest BCUT2D eigenvalue weighted by Crippen LogP contribution is 2.15. The van der Waals surface area contributed by atoms with Gasteiger partial charge in [0.1, 0.15) is 12.1 Å². The summed E-state index contributed by atoms with van der Waals surface area (Å²) in [5.74, 6) is 0.310. The number of halogens is 1. The van der Waals surface area contributed by atoms with Crippen molar-refractivity contribution < 1.29 is 9.53 Å². The number of aromatic amines is 1. The molecule has 0 unspecified atom stereocenters. The van der Waals surface area contributed by atoms with Crippen molar-refractivity contribution in [3.8, 4) is 11.7 Å². The van der Waals surface area contributed by atoms with E-state index in [0.29, 0.717) is 33.9 Å². The lowest BCUT2D eigenvalue weighted by molar-refractivity contribution is 0.0951. The number of aromatic nitrogens is 4. The highest BCUT2D eigenvalue weighted by atomic mass is 35.5. The zero-order valence-electron chi connectivity index (χ0n) is 16.3. The predicted octanol–water partition coefficient (Wildman–Crippen LogP) is 3.43. The van der Waals surface area contributed by atoms with Gasteiger partial charge in [-0.25, -0.2) is 14.5 Å². The van der Waals surface area contributed by atoms with E-state index in [9.17, 15) is 9.59 Å². The van der Waals surface area contributed by atoms with Crippen molar-refractivity contribution in [2.45, 2.75) is 6.54 Å². The molecule has 0 radical (unpaired) electrons. The first kappa shape index (κ1) is 20.7.